The fourth-order valence-corrected chi connectivity index (χ4v) is 7.71. The van der Waals surface area contributed by atoms with Crippen LogP contribution in [0, 0.1) is 0 Å². The summed E-state index contributed by atoms with van der Waals surface area (Å²) in [5, 5.41) is 5.06. The predicted octanol–water partition coefficient (Wildman–Crippen LogP) is 14.0. The van der Waals surface area contributed by atoms with E-state index >= 15 is 0 Å². The largest absolute Gasteiger partial charge is 0.397 e. The van der Waals surface area contributed by atoms with Crippen LogP contribution in [0.2, 0.25) is 0 Å². The maximum atomic E-state index is 6.42. The molecule has 1 aliphatic rings. The number of hydrogen-bond acceptors (Lipinski definition) is 2. The molecule has 2 nitrogen and oxygen atoms in total. The average molecular weight is 681 g/mol. The molecule has 0 spiro atoms. The van der Waals surface area contributed by atoms with Gasteiger partial charge in [0.15, 0.2) is 0 Å². The minimum Gasteiger partial charge on any atom is -0.397 e. The van der Waals surface area contributed by atoms with E-state index in [2.05, 4.69) is 164 Å². The average Bonchev–Trinajstić information content (AvgIpc) is 3.21. The number of allylic oxidation sites excluding steroid dienone is 1. The number of nitrogen functional groups attached to an aromatic ring is 1. The van der Waals surface area contributed by atoms with Gasteiger partial charge in [-0.3, -0.25) is 0 Å². The van der Waals surface area contributed by atoms with Crippen LogP contribution in [0.3, 0.4) is 0 Å². The van der Waals surface area contributed by atoms with Crippen LogP contribution in [-0.2, 0) is 11.8 Å². The number of anilines is 3. The highest BCUT2D eigenvalue weighted by Gasteiger charge is 2.28. The molecule has 2 N–H and O–H groups in total. The molecular weight excluding hydrogens is 629 g/mol. The zero-order valence-corrected chi connectivity index (χ0v) is 31.7. The molecule has 7 aromatic carbocycles. The van der Waals surface area contributed by atoms with Crippen molar-refractivity contribution in [3.63, 3.8) is 0 Å². The summed E-state index contributed by atoms with van der Waals surface area (Å²) in [6.45, 7) is 13.5. The summed E-state index contributed by atoms with van der Waals surface area (Å²) in [7, 11) is 0. The van der Waals surface area contributed by atoms with Gasteiger partial charge in [0.25, 0.3) is 0 Å². The minimum absolute atomic E-state index is 0.0357. The molecule has 7 aromatic rings. The van der Waals surface area contributed by atoms with Crippen molar-refractivity contribution in [2.24, 2.45) is 0 Å². The molecule has 0 saturated heterocycles. The highest BCUT2D eigenvalue weighted by molar-refractivity contribution is 6.21. The maximum absolute atomic E-state index is 6.42. The molecule has 0 radical (unpaired) electrons. The van der Waals surface area contributed by atoms with Crippen molar-refractivity contribution >= 4 is 44.7 Å². The summed E-state index contributed by atoms with van der Waals surface area (Å²) < 4.78 is 0. The first kappa shape index (κ1) is 36.2. The number of nitrogens with zero attached hydrogens (tertiary/aromatic N) is 1. The number of fused-ring (bicyclic) bond motifs is 3. The summed E-state index contributed by atoms with van der Waals surface area (Å²) in [5.41, 5.74) is 18.5. The first-order chi connectivity index (χ1) is 25.5. The minimum atomic E-state index is -0.0357. The molecule has 1 aliphatic carbocycles. The molecular formula is C50H52N2. The van der Waals surface area contributed by atoms with E-state index in [1.807, 2.05) is 39.8 Å². The van der Waals surface area contributed by atoms with Crippen molar-refractivity contribution in [3.05, 3.63) is 168 Å². The molecule has 2 heteroatoms. The monoisotopic (exact) mass is 680 g/mol. The third-order valence-electron chi connectivity index (χ3n) is 10.2. The van der Waals surface area contributed by atoms with Crippen molar-refractivity contribution < 1.29 is 0 Å². The number of rotatable bonds is 7. The molecule has 0 amide bonds. The lowest BCUT2D eigenvalue weighted by Crippen LogP contribution is -2.24. The van der Waals surface area contributed by atoms with Crippen LogP contribution in [0.5, 0.6) is 0 Å². The lowest BCUT2D eigenvalue weighted by molar-refractivity contribution is 0.587. The molecule has 0 fully saturated rings. The molecule has 1 atom stereocenters. The Kier molecular flexibility index (Phi) is 11.3. The Morgan fingerprint density at radius 3 is 1.60 bits per heavy atom. The first-order valence-electron chi connectivity index (χ1n) is 19.1. The maximum Gasteiger partial charge on any atom is 0.0644 e. The van der Waals surface area contributed by atoms with Crippen molar-refractivity contribution in [1.29, 1.82) is 0 Å². The first-order valence-corrected chi connectivity index (χ1v) is 19.1. The molecule has 52 heavy (non-hydrogen) atoms. The topological polar surface area (TPSA) is 29.3 Å². The second kappa shape index (κ2) is 16.2. The molecule has 262 valence electrons. The molecule has 0 aromatic heterocycles. The number of hydrogen-bond donors (Lipinski definition) is 1. The Labute approximate surface area is 311 Å². The fourth-order valence-electron chi connectivity index (χ4n) is 7.71. The van der Waals surface area contributed by atoms with Gasteiger partial charge in [-0.15, -0.1) is 0 Å². The predicted molar refractivity (Wildman–Crippen MR) is 230 cm³/mol. The summed E-state index contributed by atoms with van der Waals surface area (Å²) >= 11 is 0. The van der Waals surface area contributed by atoms with Gasteiger partial charge in [0.1, 0.15) is 0 Å². The van der Waals surface area contributed by atoms with Crippen LogP contribution in [0.25, 0.3) is 49.9 Å². The van der Waals surface area contributed by atoms with Crippen LogP contribution in [0.4, 0.5) is 17.1 Å². The van der Waals surface area contributed by atoms with Crippen LogP contribution in [0.15, 0.2) is 152 Å². The van der Waals surface area contributed by atoms with Gasteiger partial charge >= 0.3 is 0 Å². The zero-order valence-electron chi connectivity index (χ0n) is 31.7. The van der Waals surface area contributed by atoms with Gasteiger partial charge in [-0.1, -0.05) is 175 Å². The summed E-state index contributed by atoms with van der Waals surface area (Å²) in [6.07, 6.45) is 6.70. The van der Waals surface area contributed by atoms with E-state index in [1.54, 1.807) is 0 Å². The Morgan fingerprint density at radius 2 is 1.06 bits per heavy atom. The van der Waals surface area contributed by atoms with Crippen LogP contribution >= 0.6 is 0 Å². The zero-order chi connectivity index (χ0) is 36.7. The van der Waals surface area contributed by atoms with E-state index in [9.17, 15) is 0 Å². The van der Waals surface area contributed by atoms with E-state index in [0.717, 1.165) is 36.4 Å². The fraction of sp³-hybridized carbons (Fsp3) is 0.200. The standard InChI is InChI=1S/C46H40N2.2C2H6/c1-3-30-48(43-19-11-10-18-42(43)47)37-26-22-34(23-27-37)45-40-16-8-6-14-38(40)44(39-15-7-9-17-41(39)45)33-20-24-36(25-21-33)46(2)29-28-32-12-4-5-13-35(32)31-46;2*1-2/h4-29H,3,30-31,47H2,1-2H3;2*1-2H3. The molecule has 0 aliphatic heterocycles. The van der Waals surface area contributed by atoms with Gasteiger partial charge in [0, 0.05) is 17.6 Å². The van der Waals surface area contributed by atoms with Crippen molar-refractivity contribution in [3.8, 4) is 22.3 Å². The Hall–Kier alpha value is -5.60. The number of benzene rings is 7. The van der Waals surface area contributed by atoms with Gasteiger partial charge in [0.2, 0.25) is 0 Å². The lowest BCUT2D eigenvalue weighted by atomic mass is 9.73. The van der Waals surface area contributed by atoms with Gasteiger partial charge in [-0.2, -0.15) is 0 Å². The van der Waals surface area contributed by atoms with E-state index < -0.39 is 0 Å². The van der Waals surface area contributed by atoms with Crippen LogP contribution < -0.4 is 10.6 Å². The molecule has 0 bridgehead atoms. The summed E-state index contributed by atoms with van der Waals surface area (Å²) in [6, 6.07) is 53.0. The van der Waals surface area contributed by atoms with E-state index in [1.165, 1.54) is 60.5 Å². The van der Waals surface area contributed by atoms with Crippen LogP contribution in [-0.4, -0.2) is 6.54 Å². The van der Waals surface area contributed by atoms with E-state index in [-0.39, 0.29) is 5.41 Å². The third-order valence-corrected chi connectivity index (χ3v) is 10.2. The quantitative estimate of drug-likeness (QED) is 0.134. The van der Waals surface area contributed by atoms with E-state index in [0.29, 0.717) is 0 Å². The van der Waals surface area contributed by atoms with Gasteiger partial charge in [-0.25, -0.2) is 0 Å². The van der Waals surface area contributed by atoms with Gasteiger partial charge in [0.05, 0.1) is 11.4 Å². The Balaban J connectivity index is 0.00000112. The number of para-hydroxylation sites is 2. The summed E-state index contributed by atoms with van der Waals surface area (Å²) in [4.78, 5) is 2.32. The second-order valence-electron chi connectivity index (χ2n) is 13.3. The summed E-state index contributed by atoms with van der Waals surface area (Å²) in [5.74, 6) is 0. The molecule has 8 rings (SSSR count). The normalized spacial score (nSPS) is 14.5. The third kappa shape index (κ3) is 6.86. The molecule has 1 unspecified atom stereocenters. The highest BCUT2D eigenvalue weighted by Crippen LogP contribution is 2.45. The van der Waals surface area contributed by atoms with Crippen molar-refractivity contribution in [2.45, 2.75) is 59.8 Å². The molecule has 0 saturated carbocycles. The van der Waals surface area contributed by atoms with Crippen LogP contribution in [0.1, 0.15) is 64.7 Å². The highest BCUT2D eigenvalue weighted by atomic mass is 15.1. The second-order valence-corrected chi connectivity index (χ2v) is 13.3. The van der Waals surface area contributed by atoms with Gasteiger partial charge < -0.3 is 10.6 Å². The Bertz CT molecular complexity index is 2240. The SMILES string of the molecule is CC.CC.CCCN(c1ccc(-c2c3ccccc3c(-c3ccc(C4(C)C=Cc5ccccc5C4)cc3)c3ccccc23)cc1)c1ccccc1N. The Morgan fingerprint density at radius 1 is 0.577 bits per heavy atom. The van der Waals surface area contributed by atoms with Gasteiger partial charge in [-0.05, 0) is 97.6 Å². The molecule has 0 heterocycles. The van der Waals surface area contributed by atoms with E-state index in [4.69, 9.17) is 5.73 Å². The smallest absolute Gasteiger partial charge is 0.0644 e. The van der Waals surface area contributed by atoms with Crippen molar-refractivity contribution in [1.82, 2.24) is 0 Å². The number of nitrogens with two attached hydrogens (primary N) is 1. The van der Waals surface area contributed by atoms with Crippen molar-refractivity contribution in [2.75, 3.05) is 17.2 Å². The lowest BCUT2D eigenvalue weighted by Gasteiger charge is -2.31.